The zero-order valence-electron chi connectivity index (χ0n) is 53.3. The topological polar surface area (TPSA) is 263 Å². The average Bonchev–Trinajstić information content (AvgIpc) is 1.48. The first-order chi connectivity index (χ1) is 43.3. The van der Waals surface area contributed by atoms with Gasteiger partial charge in [0.15, 0.2) is 23.5 Å². The quantitative estimate of drug-likeness (QED) is 0.0307. The van der Waals surface area contributed by atoms with Gasteiger partial charge in [-0.15, -0.1) is 0 Å². The van der Waals surface area contributed by atoms with Gasteiger partial charge in [-0.1, -0.05) is 120 Å². The number of ether oxygens (including phenoxy) is 6. The summed E-state index contributed by atoms with van der Waals surface area (Å²) in [7, 11) is 0. The first-order valence-electron chi connectivity index (χ1n) is 32.2. The van der Waals surface area contributed by atoms with Gasteiger partial charge < -0.3 is 59.9 Å². The summed E-state index contributed by atoms with van der Waals surface area (Å²) in [5.41, 5.74) is 4.03. The first-order valence-corrected chi connectivity index (χ1v) is 32.2. The number of hydrogen-bond acceptors (Lipinski definition) is 15. The van der Waals surface area contributed by atoms with Gasteiger partial charge in [0.05, 0.1) is 65.1 Å². The fourth-order valence-electron chi connectivity index (χ4n) is 14.8. The fraction of sp³-hybridized carbons (Fsp3) is 0.563. The van der Waals surface area contributed by atoms with Crippen LogP contribution in [-0.4, -0.2) is 147 Å². The zero-order chi connectivity index (χ0) is 64.6. The molecule has 3 aromatic carbocycles. The molecule has 19 nitrogen and oxygen atoms in total. The number of aliphatic hydroxyl groups excluding tert-OH is 2. The van der Waals surface area contributed by atoms with E-state index >= 15 is 0 Å². The Morgan fingerprint density at radius 1 is 0.789 bits per heavy atom. The van der Waals surface area contributed by atoms with E-state index in [-0.39, 0.29) is 92.6 Å². The molecular formula is C71H94N4O15. The van der Waals surface area contributed by atoms with Crippen molar-refractivity contribution in [1.82, 2.24) is 16.0 Å². The van der Waals surface area contributed by atoms with E-state index in [2.05, 4.69) is 78.1 Å². The SMILES string of the molecule is C=Cc1ccccc1C(CCC(=O)CCC(=O)NCCOCCOCCOCCOCCC(=O)N[C@H](C(=O)N[C@@H](C)C(=O)Nc1ccc([C@H]2O[C@H]3C[C@@H]4[C@H]5CCC6=CC(=O)C=C[C@@]6(C)[C@@H]5[C@H](O)C[C@@]4(C)[C@@]3(C(=O)CO)O2)cc1)C(C)C)Cc1ccccc1CC. The maximum absolute atomic E-state index is 14.0. The van der Waals surface area contributed by atoms with Crippen molar-refractivity contribution in [2.75, 3.05) is 71.3 Å². The molecule has 4 aliphatic carbocycles. The summed E-state index contributed by atoms with van der Waals surface area (Å²) >= 11 is 0. The highest BCUT2D eigenvalue weighted by Gasteiger charge is 2.76. The van der Waals surface area contributed by atoms with Crippen molar-refractivity contribution < 1.29 is 72.2 Å². The molecule has 0 radical (unpaired) electrons. The molecule has 1 saturated heterocycles. The van der Waals surface area contributed by atoms with Crippen LogP contribution >= 0.6 is 0 Å². The van der Waals surface area contributed by atoms with E-state index in [1.54, 1.807) is 57.2 Å². The number of carbonyl (C=O) groups excluding carboxylic acids is 7. The van der Waals surface area contributed by atoms with E-state index in [1.807, 2.05) is 31.2 Å². The maximum Gasteiger partial charge on any atom is 0.246 e. The number of nitrogens with one attached hydrogen (secondary N) is 4. The molecule has 4 fully saturated rings. The van der Waals surface area contributed by atoms with Gasteiger partial charge in [-0.25, -0.2) is 0 Å². The lowest BCUT2D eigenvalue weighted by Gasteiger charge is -2.59. The van der Waals surface area contributed by atoms with Crippen molar-refractivity contribution in [1.29, 1.82) is 0 Å². The van der Waals surface area contributed by atoms with Crippen LogP contribution in [0.3, 0.4) is 0 Å². The number of Topliss-reactive ketones (excluding diaryl/α,β-unsaturated/α-hetero) is 2. The molecule has 3 saturated carbocycles. The maximum atomic E-state index is 14.0. The van der Waals surface area contributed by atoms with E-state index in [0.717, 1.165) is 30.4 Å². The minimum absolute atomic E-state index is 0.000534. The van der Waals surface area contributed by atoms with E-state index in [4.69, 9.17) is 28.4 Å². The number of benzene rings is 3. The highest BCUT2D eigenvalue weighted by Crippen LogP contribution is 2.70. The molecule has 0 bridgehead atoms. The lowest BCUT2D eigenvalue weighted by Crippen LogP contribution is -2.63. The smallest absolute Gasteiger partial charge is 0.246 e. The molecule has 3 aromatic rings. The van der Waals surface area contributed by atoms with E-state index in [1.165, 1.54) is 16.7 Å². The van der Waals surface area contributed by atoms with Gasteiger partial charge in [-0.05, 0) is 122 Å². The van der Waals surface area contributed by atoms with E-state index in [0.29, 0.717) is 76.5 Å². The van der Waals surface area contributed by atoms with E-state index in [9.17, 15) is 43.8 Å². The van der Waals surface area contributed by atoms with Crippen LogP contribution < -0.4 is 21.3 Å². The van der Waals surface area contributed by atoms with Gasteiger partial charge >= 0.3 is 0 Å². The van der Waals surface area contributed by atoms with Crippen molar-refractivity contribution >= 4 is 52.7 Å². The average molecular weight is 1240 g/mol. The van der Waals surface area contributed by atoms with Crippen LogP contribution in [0, 0.1) is 34.5 Å². The standard InChI is InChI=1S/C71H94N4O15/c1-8-47-14-10-11-16-50(47)40-51(56-17-13-12-15-48(56)9-2)20-24-54(77)25-27-62(81)72-31-33-86-35-37-88-39-38-87-36-34-85-32-29-63(82)75-65(45(3)4)67(84)73-46(5)66(83)74-53-22-18-49(19-23-53)68-89-61-42-58-57-26-21-52-41-55(78)28-30-69(52,6)64(57)59(79)43-70(58,7)71(61,90-68)60(80)44-76/h9-19,22-23,28,30,41,45-46,51,57-59,61,64-65,68,76,79H,2,8,20-21,24-27,29,31-40,42-44H2,1,3-7H3,(H,72,81)(H,73,84)(H,74,83)(H,75,82)/t46-,51?,57+,58+,59+,61-,64-,65-,68-,69+,70+,71-/m0/s1. The monoisotopic (exact) mass is 1240 g/mol. The minimum atomic E-state index is -1.51. The largest absolute Gasteiger partial charge is 0.393 e. The molecule has 6 N–H and O–H groups in total. The molecule has 12 atom stereocenters. The molecule has 0 aromatic heterocycles. The predicted octanol–water partition coefficient (Wildman–Crippen LogP) is 7.81. The summed E-state index contributed by atoms with van der Waals surface area (Å²) in [6.07, 6.45) is 10.0. The third kappa shape index (κ3) is 16.4. The highest BCUT2D eigenvalue weighted by molar-refractivity contribution is 6.01. The number of allylic oxidation sites excluding steroid dienone is 4. The zero-order valence-corrected chi connectivity index (χ0v) is 53.3. The minimum Gasteiger partial charge on any atom is -0.393 e. The molecule has 8 rings (SSSR count). The van der Waals surface area contributed by atoms with Gasteiger partial charge in [0.25, 0.3) is 0 Å². The first kappa shape index (κ1) is 69.3. The molecule has 5 aliphatic rings. The molecule has 488 valence electrons. The Morgan fingerprint density at radius 3 is 2.13 bits per heavy atom. The van der Waals surface area contributed by atoms with Crippen LogP contribution in [0.1, 0.15) is 139 Å². The number of aryl methyl sites for hydroxylation is 1. The highest BCUT2D eigenvalue weighted by atomic mass is 16.7. The second-order valence-electron chi connectivity index (χ2n) is 25.5. The van der Waals surface area contributed by atoms with Crippen LogP contribution in [0.15, 0.2) is 103 Å². The number of fused-ring (bicyclic) bond motifs is 7. The normalized spacial score (nSPS) is 25.8. The molecule has 90 heavy (non-hydrogen) atoms. The molecule has 1 unspecified atom stereocenters. The van der Waals surface area contributed by atoms with Crippen molar-refractivity contribution in [3.05, 3.63) is 131 Å². The second kappa shape index (κ2) is 32.1. The van der Waals surface area contributed by atoms with Gasteiger partial charge in [0, 0.05) is 60.2 Å². The number of anilines is 1. The van der Waals surface area contributed by atoms with Crippen LogP contribution in [0.2, 0.25) is 0 Å². The van der Waals surface area contributed by atoms with Gasteiger partial charge in [0.1, 0.15) is 24.5 Å². The Balaban J connectivity index is 0.651. The van der Waals surface area contributed by atoms with Gasteiger partial charge in [-0.2, -0.15) is 0 Å². The Labute approximate surface area is 529 Å². The summed E-state index contributed by atoms with van der Waals surface area (Å²) in [4.78, 5) is 91.5. The molecule has 4 amide bonds. The molecule has 1 aliphatic heterocycles. The summed E-state index contributed by atoms with van der Waals surface area (Å²) in [6, 6.07) is 21.5. The number of amides is 4. The summed E-state index contributed by atoms with van der Waals surface area (Å²) in [6.45, 7) is 17.2. The number of hydrogen-bond donors (Lipinski definition) is 6. The van der Waals surface area contributed by atoms with E-state index < -0.39 is 77.1 Å². The number of rotatable bonds is 35. The van der Waals surface area contributed by atoms with Crippen LogP contribution in [-0.2, 0) is 74.8 Å². The Morgan fingerprint density at radius 2 is 1.46 bits per heavy atom. The summed E-state index contributed by atoms with van der Waals surface area (Å²) < 4.78 is 35.6. The number of ketones is 3. The summed E-state index contributed by atoms with van der Waals surface area (Å²) in [5.74, 6) is -2.42. The Hall–Kier alpha value is -6.55. The van der Waals surface area contributed by atoms with Crippen LogP contribution in [0.25, 0.3) is 6.08 Å². The predicted molar refractivity (Wildman–Crippen MR) is 340 cm³/mol. The molecule has 0 spiro atoms. The second-order valence-corrected chi connectivity index (χ2v) is 25.5. The van der Waals surface area contributed by atoms with Crippen LogP contribution in [0.5, 0.6) is 0 Å². The number of carbonyl (C=O) groups is 7. The van der Waals surface area contributed by atoms with Crippen LogP contribution in [0.4, 0.5) is 5.69 Å². The van der Waals surface area contributed by atoms with Crippen molar-refractivity contribution in [3.8, 4) is 0 Å². The molecular weight excluding hydrogens is 1150 g/mol. The lowest BCUT2D eigenvalue weighted by atomic mass is 9.46. The van der Waals surface area contributed by atoms with Crippen molar-refractivity contribution in [2.24, 2.45) is 34.5 Å². The molecule has 19 heteroatoms. The van der Waals surface area contributed by atoms with Gasteiger partial charge in [0.2, 0.25) is 23.6 Å². The van der Waals surface area contributed by atoms with Gasteiger partial charge in [-0.3, -0.25) is 33.6 Å². The Kier molecular flexibility index (Phi) is 24.8. The lowest BCUT2D eigenvalue weighted by molar-refractivity contribution is -0.201. The van der Waals surface area contributed by atoms with Crippen molar-refractivity contribution in [3.63, 3.8) is 0 Å². The Bertz CT molecular complexity index is 3070. The summed E-state index contributed by atoms with van der Waals surface area (Å²) in [5, 5.41) is 33.5. The third-order valence-corrected chi connectivity index (χ3v) is 19.4. The molecule has 1 heterocycles. The number of aliphatic hydroxyl groups is 2. The van der Waals surface area contributed by atoms with Crippen molar-refractivity contribution in [2.45, 2.75) is 154 Å². The third-order valence-electron chi connectivity index (χ3n) is 19.4. The fourth-order valence-corrected chi connectivity index (χ4v) is 14.8.